The highest BCUT2D eigenvalue weighted by molar-refractivity contribution is 5.89. The number of carbonyl (C=O) groups is 2. The molecule has 24 heavy (non-hydrogen) atoms. The molecule has 2 aliphatic rings. The van der Waals surface area contributed by atoms with Gasteiger partial charge in [0, 0.05) is 38.3 Å². The molecule has 132 valence electrons. The number of hydrogen-bond acceptors (Lipinski definition) is 3. The van der Waals surface area contributed by atoms with Gasteiger partial charge in [-0.3, -0.25) is 14.3 Å². The summed E-state index contributed by atoms with van der Waals surface area (Å²) in [5.74, 6) is -1.54. The number of rotatable bonds is 3. The molecule has 1 aromatic rings. The van der Waals surface area contributed by atoms with Crippen molar-refractivity contribution < 1.29 is 22.8 Å². The van der Waals surface area contributed by atoms with E-state index in [0.29, 0.717) is 6.54 Å². The molecule has 0 spiro atoms. The molecule has 3 rings (SSSR count). The van der Waals surface area contributed by atoms with E-state index in [2.05, 4.69) is 5.10 Å². The minimum Gasteiger partial charge on any atom is -0.335 e. The van der Waals surface area contributed by atoms with Gasteiger partial charge in [-0.05, 0) is 12.8 Å². The van der Waals surface area contributed by atoms with E-state index in [0.717, 1.165) is 23.3 Å². The second-order valence-electron chi connectivity index (χ2n) is 6.43. The Morgan fingerprint density at radius 1 is 1.42 bits per heavy atom. The summed E-state index contributed by atoms with van der Waals surface area (Å²) in [4.78, 5) is 26.9. The predicted octanol–water partition coefficient (Wildman–Crippen LogP) is 1.49. The van der Waals surface area contributed by atoms with Gasteiger partial charge in [0.25, 0.3) is 0 Å². The molecule has 6 nitrogen and oxygen atoms in total. The first-order valence-electron chi connectivity index (χ1n) is 7.88. The van der Waals surface area contributed by atoms with Crippen LogP contribution in [-0.4, -0.2) is 57.2 Å². The number of hydrogen-bond donors (Lipinski definition) is 0. The Balaban J connectivity index is 1.69. The van der Waals surface area contributed by atoms with Crippen LogP contribution in [0.15, 0.2) is 12.4 Å². The maximum absolute atomic E-state index is 12.7. The standard InChI is InChI=1S/C15H19F3N4O2/c1-20-7-11(6-19-20)12-3-2-4-22(12)14(24)10-5-13(23)21(8-10)9-15(16,17)18/h6-7,10,12H,2-5,8-9H2,1H3. The third kappa shape index (κ3) is 3.39. The van der Waals surface area contributed by atoms with Gasteiger partial charge in [0.15, 0.2) is 0 Å². The first-order valence-corrected chi connectivity index (χ1v) is 7.88. The average Bonchev–Trinajstić information content (AvgIpc) is 3.17. The average molecular weight is 344 g/mol. The molecule has 0 saturated carbocycles. The lowest BCUT2D eigenvalue weighted by molar-refractivity contribution is -0.157. The number of aryl methyl sites for hydroxylation is 1. The van der Waals surface area contributed by atoms with Gasteiger partial charge in [-0.2, -0.15) is 18.3 Å². The van der Waals surface area contributed by atoms with Crippen molar-refractivity contribution in [3.8, 4) is 0 Å². The van der Waals surface area contributed by atoms with E-state index < -0.39 is 24.5 Å². The molecule has 0 bridgehead atoms. The van der Waals surface area contributed by atoms with Gasteiger partial charge in [0.2, 0.25) is 11.8 Å². The van der Waals surface area contributed by atoms with Crippen molar-refractivity contribution in [3.63, 3.8) is 0 Å². The lowest BCUT2D eigenvalue weighted by atomic mass is 10.0. The molecule has 2 fully saturated rings. The van der Waals surface area contributed by atoms with Gasteiger partial charge in [-0.1, -0.05) is 0 Å². The first-order chi connectivity index (χ1) is 11.2. The van der Waals surface area contributed by atoms with Crippen LogP contribution >= 0.6 is 0 Å². The maximum atomic E-state index is 12.7. The van der Waals surface area contributed by atoms with Crippen molar-refractivity contribution in [3.05, 3.63) is 18.0 Å². The molecule has 9 heteroatoms. The van der Waals surface area contributed by atoms with Crippen LogP contribution in [0.2, 0.25) is 0 Å². The quantitative estimate of drug-likeness (QED) is 0.835. The van der Waals surface area contributed by atoms with Crippen LogP contribution in [0.1, 0.15) is 30.9 Å². The highest BCUT2D eigenvalue weighted by Gasteiger charge is 2.43. The van der Waals surface area contributed by atoms with Crippen LogP contribution in [-0.2, 0) is 16.6 Å². The van der Waals surface area contributed by atoms with Gasteiger partial charge >= 0.3 is 6.18 Å². The van der Waals surface area contributed by atoms with Crippen LogP contribution in [0.4, 0.5) is 13.2 Å². The number of aromatic nitrogens is 2. The van der Waals surface area contributed by atoms with Gasteiger partial charge < -0.3 is 9.80 Å². The fourth-order valence-electron chi connectivity index (χ4n) is 3.53. The van der Waals surface area contributed by atoms with Crippen molar-refractivity contribution >= 4 is 11.8 Å². The van der Waals surface area contributed by atoms with Gasteiger partial charge in [0.05, 0.1) is 18.2 Å². The molecule has 2 aliphatic heterocycles. The fourth-order valence-corrected chi connectivity index (χ4v) is 3.53. The van der Waals surface area contributed by atoms with Crippen LogP contribution in [0.3, 0.4) is 0 Å². The van der Waals surface area contributed by atoms with E-state index in [1.54, 1.807) is 22.8 Å². The Hall–Kier alpha value is -2.06. The Bertz CT molecular complexity index is 643. The number of likely N-dealkylation sites (tertiary alicyclic amines) is 2. The second kappa shape index (κ2) is 6.10. The van der Waals surface area contributed by atoms with Gasteiger partial charge in [-0.15, -0.1) is 0 Å². The van der Waals surface area contributed by atoms with E-state index in [1.807, 2.05) is 6.20 Å². The number of halogens is 3. The SMILES string of the molecule is Cn1cc(C2CCCN2C(=O)C2CC(=O)N(CC(F)(F)F)C2)cn1. The van der Waals surface area contributed by atoms with Crippen LogP contribution in [0.5, 0.6) is 0 Å². The highest BCUT2D eigenvalue weighted by Crippen LogP contribution is 2.34. The summed E-state index contributed by atoms with van der Waals surface area (Å²) in [6.45, 7) is -0.891. The highest BCUT2D eigenvalue weighted by atomic mass is 19.4. The van der Waals surface area contributed by atoms with Crippen molar-refractivity contribution in [1.82, 2.24) is 19.6 Å². The lowest BCUT2D eigenvalue weighted by Gasteiger charge is -2.26. The summed E-state index contributed by atoms with van der Waals surface area (Å²) in [5, 5.41) is 4.11. The molecular weight excluding hydrogens is 325 g/mol. The van der Waals surface area contributed by atoms with Crippen LogP contribution in [0.25, 0.3) is 0 Å². The van der Waals surface area contributed by atoms with E-state index >= 15 is 0 Å². The Morgan fingerprint density at radius 3 is 2.79 bits per heavy atom. The molecule has 1 aromatic heterocycles. The van der Waals surface area contributed by atoms with E-state index in [1.165, 1.54) is 0 Å². The summed E-state index contributed by atoms with van der Waals surface area (Å²) in [6, 6.07) is -0.113. The monoisotopic (exact) mass is 344 g/mol. The summed E-state index contributed by atoms with van der Waals surface area (Å²) in [5.41, 5.74) is 0.917. The Labute approximate surface area is 137 Å². The molecule has 2 amide bonds. The first kappa shape index (κ1) is 16.8. The lowest BCUT2D eigenvalue weighted by Crippen LogP contribution is -2.39. The minimum atomic E-state index is -4.44. The molecule has 0 N–H and O–H groups in total. The summed E-state index contributed by atoms with van der Waals surface area (Å²) in [6.07, 6.45) is 0.575. The van der Waals surface area contributed by atoms with Crippen molar-refractivity contribution in [2.24, 2.45) is 13.0 Å². The summed E-state index contributed by atoms with van der Waals surface area (Å²) < 4.78 is 39.1. The topological polar surface area (TPSA) is 58.4 Å². The molecular formula is C15H19F3N4O2. The zero-order valence-corrected chi connectivity index (χ0v) is 13.3. The smallest absolute Gasteiger partial charge is 0.335 e. The minimum absolute atomic E-state index is 0.113. The largest absolute Gasteiger partial charge is 0.406 e. The number of carbonyl (C=O) groups excluding carboxylic acids is 2. The third-order valence-electron chi connectivity index (χ3n) is 4.58. The van der Waals surface area contributed by atoms with Crippen molar-refractivity contribution in [2.75, 3.05) is 19.6 Å². The molecule has 2 unspecified atom stereocenters. The summed E-state index contributed by atoms with van der Waals surface area (Å²) in [7, 11) is 1.79. The third-order valence-corrected chi connectivity index (χ3v) is 4.58. The molecule has 2 atom stereocenters. The molecule has 2 saturated heterocycles. The normalized spacial score (nSPS) is 24.9. The number of alkyl halides is 3. The van der Waals surface area contributed by atoms with Gasteiger partial charge in [-0.25, -0.2) is 0 Å². The van der Waals surface area contributed by atoms with Crippen LogP contribution in [0, 0.1) is 5.92 Å². The van der Waals surface area contributed by atoms with Crippen molar-refractivity contribution in [1.29, 1.82) is 0 Å². The predicted molar refractivity (Wildman–Crippen MR) is 77.6 cm³/mol. The summed E-state index contributed by atoms with van der Waals surface area (Å²) >= 11 is 0. The molecule has 0 radical (unpaired) electrons. The number of nitrogens with zero attached hydrogens (tertiary/aromatic N) is 4. The zero-order valence-electron chi connectivity index (χ0n) is 13.3. The molecule has 0 aromatic carbocycles. The van der Waals surface area contributed by atoms with E-state index in [9.17, 15) is 22.8 Å². The van der Waals surface area contributed by atoms with E-state index in [-0.39, 0.29) is 24.9 Å². The Morgan fingerprint density at radius 2 is 2.17 bits per heavy atom. The Kier molecular flexibility index (Phi) is 4.27. The fraction of sp³-hybridized carbons (Fsp3) is 0.667. The maximum Gasteiger partial charge on any atom is 0.406 e. The van der Waals surface area contributed by atoms with E-state index in [4.69, 9.17) is 0 Å². The van der Waals surface area contributed by atoms with Crippen LogP contribution < -0.4 is 0 Å². The van der Waals surface area contributed by atoms with Crippen molar-refractivity contribution in [2.45, 2.75) is 31.5 Å². The second-order valence-corrected chi connectivity index (χ2v) is 6.43. The number of amides is 2. The van der Waals surface area contributed by atoms with Gasteiger partial charge in [0.1, 0.15) is 6.54 Å². The zero-order chi connectivity index (χ0) is 17.5. The molecule has 0 aliphatic carbocycles. The molecule has 3 heterocycles.